The van der Waals surface area contributed by atoms with E-state index in [1.54, 1.807) is 12.4 Å². The number of hydrogen-bond acceptors (Lipinski definition) is 3. The molecule has 0 fully saturated rings. The van der Waals surface area contributed by atoms with Crippen molar-refractivity contribution in [3.05, 3.63) is 58.3 Å². The van der Waals surface area contributed by atoms with Crippen LogP contribution >= 0.6 is 28.1 Å². The molecule has 2 rings (SSSR count). The predicted octanol–water partition coefficient (Wildman–Crippen LogP) is 3.06. The fraction of sp³-hybridized carbons (Fsp3) is 0.0769. The second-order valence-corrected chi connectivity index (χ2v) is 5.04. The monoisotopic (exact) mass is 322 g/mol. The molecule has 2 N–H and O–H groups in total. The lowest BCUT2D eigenvalue weighted by molar-refractivity contribution is 0.305. The van der Waals surface area contributed by atoms with Crippen molar-refractivity contribution in [3.63, 3.8) is 0 Å². The van der Waals surface area contributed by atoms with Crippen LogP contribution in [0, 0.1) is 0 Å². The quantitative estimate of drug-likeness (QED) is 0.879. The molecule has 0 aliphatic rings. The van der Waals surface area contributed by atoms with E-state index in [-0.39, 0.29) is 0 Å². The smallest absolute Gasteiger partial charge is 0.119 e. The van der Waals surface area contributed by atoms with Gasteiger partial charge in [-0.3, -0.25) is 4.98 Å². The van der Waals surface area contributed by atoms with Gasteiger partial charge in [0.25, 0.3) is 0 Å². The van der Waals surface area contributed by atoms with Gasteiger partial charge in [-0.2, -0.15) is 0 Å². The normalized spacial score (nSPS) is 10.1. The lowest BCUT2D eigenvalue weighted by Crippen LogP contribution is -2.08. The van der Waals surface area contributed by atoms with Crippen LogP contribution in [0.5, 0.6) is 5.75 Å². The van der Waals surface area contributed by atoms with Crippen LogP contribution in [0.3, 0.4) is 0 Å². The van der Waals surface area contributed by atoms with Crippen molar-refractivity contribution in [2.45, 2.75) is 6.61 Å². The average Bonchev–Trinajstić information content (AvgIpc) is 2.37. The molecule has 1 heterocycles. The molecule has 1 aromatic carbocycles. The standard InChI is InChI=1S/C13H11BrN2OS/c14-11-5-9(6-16-7-11)8-17-12-3-1-10(2-4-12)13(15)18/h1-7H,8H2,(H2,15,18). The molecule has 92 valence electrons. The van der Waals surface area contributed by atoms with Crippen molar-refractivity contribution in [3.8, 4) is 5.75 Å². The largest absolute Gasteiger partial charge is 0.489 e. The number of hydrogen-bond donors (Lipinski definition) is 1. The molecule has 0 saturated heterocycles. The first-order valence-electron chi connectivity index (χ1n) is 5.27. The van der Waals surface area contributed by atoms with Crippen LogP contribution in [-0.4, -0.2) is 9.97 Å². The van der Waals surface area contributed by atoms with E-state index in [0.29, 0.717) is 11.6 Å². The number of nitrogens with zero attached hydrogens (tertiary/aromatic N) is 1. The molecule has 0 bridgehead atoms. The van der Waals surface area contributed by atoms with E-state index < -0.39 is 0 Å². The molecular weight excluding hydrogens is 312 g/mol. The Bertz CT molecular complexity index is 557. The maximum atomic E-state index is 5.64. The number of nitrogens with two attached hydrogens (primary N) is 1. The van der Waals surface area contributed by atoms with Crippen molar-refractivity contribution in [2.75, 3.05) is 0 Å². The molecule has 18 heavy (non-hydrogen) atoms. The first kappa shape index (κ1) is 13.0. The van der Waals surface area contributed by atoms with Crippen molar-refractivity contribution in [2.24, 2.45) is 5.73 Å². The first-order chi connectivity index (χ1) is 8.65. The molecule has 1 aromatic heterocycles. The van der Waals surface area contributed by atoms with Gasteiger partial charge < -0.3 is 10.5 Å². The molecule has 0 saturated carbocycles. The summed E-state index contributed by atoms with van der Waals surface area (Å²) < 4.78 is 6.57. The number of aromatic nitrogens is 1. The lowest BCUT2D eigenvalue weighted by atomic mass is 10.2. The van der Waals surface area contributed by atoms with Crippen LogP contribution in [0.1, 0.15) is 11.1 Å². The Morgan fingerprint density at radius 2 is 2.00 bits per heavy atom. The highest BCUT2D eigenvalue weighted by Gasteiger charge is 1.99. The van der Waals surface area contributed by atoms with Gasteiger partial charge in [0.15, 0.2) is 0 Å². The third-order valence-electron chi connectivity index (χ3n) is 2.31. The van der Waals surface area contributed by atoms with E-state index >= 15 is 0 Å². The second kappa shape index (κ2) is 5.93. The topological polar surface area (TPSA) is 48.1 Å². The summed E-state index contributed by atoms with van der Waals surface area (Å²) in [4.78, 5) is 4.46. The maximum absolute atomic E-state index is 5.64. The fourth-order valence-corrected chi connectivity index (χ4v) is 1.97. The van der Waals surface area contributed by atoms with E-state index in [9.17, 15) is 0 Å². The molecule has 3 nitrogen and oxygen atoms in total. The van der Waals surface area contributed by atoms with Crippen LogP contribution < -0.4 is 10.5 Å². The summed E-state index contributed by atoms with van der Waals surface area (Å²) >= 11 is 8.25. The zero-order valence-electron chi connectivity index (χ0n) is 9.47. The molecular formula is C13H11BrN2OS. The number of thiocarbonyl (C=S) groups is 1. The van der Waals surface area contributed by atoms with E-state index in [2.05, 4.69) is 20.9 Å². The Labute approximate surface area is 119 Å². The van der Waals surface area contributed by atoms with Crippen LogP contribution in [0.15, 0.2) is 47.2 Å². The van der Waals surface area contributed by atoms with Gasteiger partial charge in [0.2, 0.25) is 0 Å². The molecule has 0 amide bonds. The highest BCUT2D eigenvalue weighted by Crippen LogP contribution is 2.15. The third-order valence-corrected chi connectivity index (χ3v) is 2.98. The number of halogens is 1. The van der Waals surface area contributed by atoms with Crippen molar-refractivity contribution >= 4 is 33.1 Å². The average molecular weight is 323 g/mol. The van der Waals surface area contributed by atoms with Gasteiger partial charge >= 0.3 is 0 Å². The van der Waals surface area contributed by atoms with Gasteiger partial charge in [-0.15, -0.1) is 0 Å². The van der Waals surface area contributed by atoms with E-state index in [1.807, 2.05) is 30.3 Å². The van der Waals surface area contributed by atoms with Gasteiger partial charge in [0.1, 0.15) is 17.3 Å². The number of benzene rings is 1. The van der Waals surface area contributed by atoms with Gasteiger partial charge in [-0.25, -0.2) is 0 Å². The zero-order valence-corrected chi connectivity index (χ0v) is 11.9. The van der Waals surface area contributed by atoms with Gasteiger partial charge in [0.05, 0.1) is 0 Å². The molecule has 0 atom stereocenters. The third kappa shape index (κ3) is 3.51. The van der Waals surface area contributed by atoms with E-state index in [1.165, 1.54) is 0 Å². The highest BCUT2D eigenvalue weighted by atomic mass is 79.9. The fourth-order valence-electron chi connectivity index (χ4n) is 1.42. The number of pyridine rings is 1. The molecule has 5 heteroatoms. The summed E-state index contributed by atoms with van der Waals surface area (Å²) in [6.45, 7) is 0.471. The lowest BCUT2D eigenvalue weighted by Gasteiger charge is -2.07. The van der Waals surface area contributed by atoms with Crippen LogP contribution in [0.25, 0.3) is 0 Å². The number of rotatable bonds is 4. The molecule has 0 aliphatic heterocycles. The second-order valence-electron chi connectivity index (χ2n) is 3.69. The summed E-state index contributed by atoms with van der Waals surface area (Å²) in [5.74, 6) is 0.773. The summed E-state index contributed by atoms with van der Waals surface area (Å²) in [7, 11) is 0. The summed E-state index contributed by atoms with van der Waals surface area (Å²) in [6.07, 6.45) is 3.51. The summed E-state index contributed by atoms with van der Waals surface area (Å²) in [5, 5.41) is 0. The zero-order chi connectivity index (χ0) is 13.0. The van der Waals surface area contributed by atoms with Crippen molar-refractivity contribution < 1.29 is 4.74 Å². The van der Waals surface area contributed by atoms with Crippen molar-refractivity contribution in [1.29, 1.82) is 0 Å². The van der Waals surface area contributed by atoms with Crippen LogP contribution in [0.2, 0.25) is 0 Å². The Balaban J connectivity index is 2.00. The molecule has 0 radical (unpaired) electrons. The first-order valence-corrected chi connectivity index (χ1v) is 6.47. The van der Waals surface area contributed by atoms with Gasteiger partial charge in [-0.1, -0.05) is 12.2 Å². The summed E-state index contributed by atoms with van der Waals surface area (Å²) in [6, 6.07) is 9.35. The molecule has 0 unspecified atom stereocenters. The van der Waals surface area contributed by atoms with E-state index in [4.69, 9.17) is 22.7 Å². The molecule has 0 aliphatic carbocycles. The van der Waals surface area contributed by atoms with Crippen molar-refractivity contribution in [1.82, 2.24) is 4.98 Å². The predicted molar refractivity (Wildman–Crippen MR) is 78.6 cm³/mol. The van der Waals surface area contributed by atoms with E-state index in [0.717, 1.165) is 21.3 Å². The Hall–Kier alpha value is -1.46. The maximum Gasteiger partial charge on any atom is 0.119 e. The minimum Gasteiger partial charge on any atom is -0.489 e. The van der Waals surface area contributed by atoms with Crippen LogP contribution in [0.4, 0.5) is 0 Å². The number of ether oxygens (including phenoxy) is 1. The highest BCUT2D eigenvalue weighted by molar-refractivity contribution is 9.10. The minimum atomic E-state index is 0.387. The van der Waals surface area contributed by atoms with Gasteiger partial charge in [0, 0.05) is 28.0 Å². The Kier molecular flexibility index (Phi) is 4.28. The Morgan fingerprint density at radius 1 is 1.28 bits per heavy atom. The molecule has 2 aromatic rings. The molecule has 0 spiro atoms. The summed E-state index contributed by atoms with van der Waals surface area (Å²) in [5.41, 5.74) is 7.36. The van der Waals surface area contributed by atoms with Crippen LogP contribution in [-0.2, 0) is 6.61 Å². The van der Waals surface area contributed by atoms with Gasteiger partial charge in [-0.05, 0) is 46.3 Å². The Morgan fingerprint density at radius 3 is 2.61 bits per heavy atom. The minimum absolute atomic E-state index is 0.387. The SMILES string of the molecule is NC(=S)c1ccc(OCc2cncc(Br)c2)cc1.